The minimum absolute atomic E-state index is 0.222. The second kappa shape index (κ2) is 5.93. The van der Waals surface area contributed by atoms with Crippen LogP contribution in [0.5, 0.6) is 0 Å². The molecule has 0 saturated heterocycles. The van der Waals surface area contributed by atoms with Gasteiger partial charge in [-0.1, -0.05) is 12.1 Å². The van der Waals surface area contributed by atoms with Crippen molar-refractivity contribution in [1.82, 2.24) is 25.1 Å². The normalized spacial score (nSPS) is 10.8. The summed E-state index contributed by atoms with van der Waals surface area (Å²) in [5.41, 5.74) is 3.88. The van der Waals surface area contributed by atoms with Crippen LogP contribution in [0, 0.1) is 13.8 Å². The SMILES string of the molecule is Cc1cc(C)n(CCNC(=O)c2cnc3ccccc3n2)n1. The van der Waals surface area contributed by atoms with E-state index in [1.54, 1.807) is 0 Å². The number of rotatable bonds is 4. The van der Waals surface area contributed by atoms with Crippen LogP contribution in [0.15, 0.2) is 36.5 Å². The summed E-state index contributed by atoms with van der Waals surface area (Å²) in [4.78, 5) is 20.7. The quantitative estimate of drug-likeness (QED) is 0.797. The van der Waals surface area contributed by atoms with Gasteiger partial charge in [0.1, 0.15) is 5.69 Å². The monoisotopic (exact) mass is 295 g/mol. The highest BCUT2D eigenvalue weighted by atomic mass is 16.1. The van der Waals surface area contributed by atoms with Crippen LogP contribution >= 0.6 is 0 Å². The van der Waals surface area contributed by atoms with E-state index in [-0.39, 0.29) is 5.91 Å². The predicted octanol–water partition coefficient (Wildman–Crippen LogP) is 1.87. The molecule has 0 aliphatic rings. The van der Waals surface area contributed by atoms with Gasteiger partial charge in [-0.3, -0.25) is 14.5 Å². The van der Waals surface area contributed by atoms with E-state index in [2.05, 4.69) is 20.4 Å². The van der Waals surface area contributed by atoms with Crippen LogP contribution < -0.4 is 5.32 Å². The number of nitrogens with zero attached hydrogens (tertiary/aromatic N) is 4. The zero-order valence-corrected chi connectivity index (χ0v) is 12.6. The first kappa shape index (κ1) is 14.2. The molecule has 0 aliphatic carbocycles. The minimum Gasteiger partial charge on any atom is -0.349 e. The lowest BCUT2D eigenvalue weighted by Gasteiger charge is -2.07. The van der Waals surface area contributed by atoms with Crippen molar-refractivity contribution < 1.29 is 4.79 Å². The number of nitrogens with one attached hydrogen (secondary N) is 1. The van der Waals surface area contributed by atoms with E-state index in [1.807, 2.05) is 48.9 Å². The molecule has 22 heavy (non-hydrogen) atoms. The molecule has 6 nitrogen and oxygen atoms in total. The van der Waals surface area contributed by atoms with Crippen molar-refractivity contribution in [2.45, 2.75) is 20.4 Å². The first-order valence-electron chi connectivity index (χ1n) is 7.14. The molecule has 3 aromatic rings. The molecule has 0 aliphatic heterocycles. The lowest BCUT2D eigenvalue weighted by molar-refractivity contribution is 0.0947. The van der Waals surface area contributed by atoms with Crippen molar-refractivity contribution in [2.75, 3.05) is 6.54 Å². The van der Waals surface area contributed by atoms with Gasteiger partial charge in [0.15, 0.2) is 0 Å². The van der Waals surface area contributed by atoms with Crippen molar-refractivity contribution in [3.8, 4) is 0 Å². The van der Waals surface area contributed by atoms with Crippen LogP contribution in [-0.4, -0.2) is 32.2 Å². The molecule has 2 heterocycles. The second-order valence-corrected chi connectivity index (χ2v) is 5.15. The highest BCUT2D eigenvalue weighted by Gasteiger charge is 2.09. The topological polar surface area (TPSA) is 72.7 Å². The molecule has 112 valence electrons. The largest absolute Gasteiger partial charge is 0.349 e. The maximum absolute atomic E-state index is 12.1. The molecule has 3 rings (SSSR count). The van der Waals surface area contributed by atoms with E-state index in [0.29, 0.717) is 24.3 Å². The fourth-order valence-corrected chi connectivity index (χ4v) is 2.33. The predicted molar refractivity (Wildman–Crippen MR) is 83.6 cm³/mol. The van der Waals surface area contributed by atoms with E-state index in [9.17, 15) is 4.79 Å². The lowest BCUT2D eigenvalue weighted by atomic mass is 10.3. The van der Waals surface area contributed by atoms with Crippen molar-refractivity contribution in [3.05, 3.63) is 53.6 Å². The molecule has 0 atom stereocenters. The number of aromatic nitrogens is 4. The van der Waals surface area contributed by atoms with Crippen LogP contribution in [0.2, 0.25) is 0 Å². The smallest absolute Gasteiger partial charge is 0.271 e. The summed E-state index contributed by atoms with van der Waals surface area (Å²) in [7, 11) is 0. The molecule has 0 unspecified atom stereocenters. The number of carbonyl (C=O) groups is 1. The van der Waals surface area contributed by atoms with E-state index in [0.717, 1.165) is 16.9 Å². The molecule has 1 amide bonds. The van der Waals surface area contributed by atoms with Gasteiger partial charge in [0.05, 0.1) is 29.5 Å². The summed E-state index contributed by atoms with van der Waals surface area (Å²) in [6.45, 7) is 5.07. The standard InChI is InChI=1S/C16H17N5O/c1-11-9-12(2)21(20-11)8-7-17-16(22)15-10-18-13-5-3-4-6-14(13)19-15/h3-6,9-10H,7-8H2,1-2H3,(H,17,22). The number of hydrogen-bond donors (Lipinski definition) is 1. The van der Waals surface area contributed by atoms with Gasteiger partial charge in [0.25, 0.3) is 5.91 Å². The molecule has 1 N–H and O–H groups in total. The van der Waals surface area contributed by atoms with E-state index in [1.165, 1.54) is 6.20 Å². The number of amides is 1. The maximum Gasteiger partial charge on any atom is 0.271 e. The number of fused-ring (bicyclic) bond motifs is 1. The summed E-state index contributed by atoms with van der Waals surface area (Å²) in [5, 5.41) is 7.20. The van der Waals surface area contributed by atoms with Gasteiger partial charge >= 0.3 is 0 Å². The summed E-state index contributed by atoms with van der Waals surface area (Å²) < 4.78 is 1.88. The van der Waals surface area contributed by atoms with Crippen LogP contribution in [0.4, 0.5) is 0 Å². The third-order valence-corrected chi connectivity index (χ3v) is 3.39. The first-order valence-corrected chi connectivity index (χ1v) is 7.14. The fourth-order valence-electron chi connectivity index (χ4n) is 2.33. The number of aryl methyl sites for hydroxylation is 2. The molecule has 1 aromatic carbocycles. The number of para-hydroxylation sites is 2. The average molecular weight is 295 g/mol. The van der Waals surface area contributed by atoms with Gasteiger partial charge in [0.2, 0.25) is 0 Å². The summed E-state index contributed by atoms with van der Waals surface area (Å²) in [6, 6.07) is 9.49. The zero-order valence-electron chi connectivity index (χ0n) is 12.6. The maximum atomic E-state index is 12.1. The van der Waals surface area contributed by atoms with Gasteiger partial charge in [-0.15, -0.1) is 0 Å². The Morgan fingerprint density at radius 1 is 1.23 bits per heavy atom. The molecule has 0 saturated carbocycles. The third kappa shape index (κ3) is 2.95. The van der Waals surface area contributed by atoms with Gasteiger partial charge in [-0.2, -0.15) is 5.10 Å². The highest BCUT2D eigenvalue weighted by Crippen LogP contribution is 2.08. The summed E-state index contributed by atoms with van der Waals surface area (Å²) in [5.74, 6) is -0.222. The van der Waals surface area contributed by atoms with Crippen molar-refractivity contribution in [1.29, 1.82) is 0 Å². The van der Waals surface area contributed by atoms with Crippen LogP contribution in [0.1, 0.15) is 21.9 Å². The summed E-state index contributed by atoms with van der Waals surface area (Å²) in [6.07, 6.45) is 1.50. The Bertz CT molecular complexity index is 824. The van der Waals surface area contributed by atoms with E-state index in [4.69, 9.17) is 0 Å². The van der Waals surface area contributed by atoms with Crippen LogP contribution in [0.25, 0.3) is 11.0 Å². The molecule has 0 spiro atoms. The molecule has 6 heteroatoms. The zero-order chi connectivity index (χ0) is 15.5. The Balaban J connectivity index is 1.64. The van der Waals surface area contributed by atoms with Crippen LogP contribution in [0.3, 0.4) is 0 Å². The van der Waals surface area contributed by atoms with Crippen LogP contribution in [-0.2, 0) is 6.54 Å². The van der Waals surface area contributed by atoms with E-state index < -0.39 is 0 Å². The number of hydrogen-bond acceptors (Lipinski definition) is 4. The Morgan fingerprint density at radius 3 is 2.73 bits per heavy atom. The Kier molecular flexibility index (Phi) is 3.82. The Labute approximate surface area is 128 Å². The molecule has 0 bridgehead atoms. The Morgan fingerprint density at radius 2 is 2.00 bits per heavy atom. The highest BCUT2D eigenvalue weighted by molar-refractivity contribution is 5.93. The van der Waals surface area contributed by atoms with Crippen molar-refractivity contribution in [3.63, 3.8) is 0 Å². The van der Waals surface area contributed by atoms with Crippen molar-refractivity contribution in [2.24, 2.45) is 0 Å². The minimum atomic E-state index is -0.222. The fraction of sp³-hybridized carbons (Fsp3) is 0.250. The van der Waals surface area contributed by atoms with E-state index >= 15 is 0 Å². The van der Waals surface area contributed by atoms with Crippen molar-refractivity contribution >= 4 is 16.9 Å². The first-order chi connectivity index (χ1) is 10.6. The molecular formula is C16H17N5O. The second-order valence-electron chi connectivity index (χ2n) is 5.15. The molecule has 0 fully saturated rings. The molecule has 2 aromatic heterocycles. The molecule has 0 radical (unpaired) electrons. The molecular weight excluding hydrogens is 278 g/mol. The summed E-state index contributed by atoms with van der Waals surface area (Å²) >= 11 is 0. The average Bonchev–Trinajstić information content (AvgIpc) is 2.84. The number of carbonyl (C=O) groups excluding carboxylic acids is 1. The van der Waals surface area contributed by atoms with Gasteiger partial charge < -0.3 is 5.32 Å². The van der Waals surface area contributed by atoms with Gasteiger partial charge in [0, 0.05) is 12.2 Å². The van der Waals surface area contributed by atoms with Gasteiger partial charge in [-0.25, -0.2) is 4.98 Å². The lowest BCUT2D eigenvalue weighted by Crippen LogP contribution is -2.28. The van der Waals surface area contributed by atoms with Gasteiger partial charge in [-0.05, 0) is 32.0 Å². The third-order valence-electron chi connectivity index (χ3n) is 3.39. The Hall–Kier alpha value is -2.76. The number of benzene rings is 1.